The van der Waals surface area contributed by atoms with Crippen LogP contribution in [0.15, 0.2) is 22.9 Å². The molecule has 1 heterocycles. The highest BCUT2D eigenvalue weighted by Gasteiger charge is 2.24. The molecule has 0 aromatic carbocycles. The minimum Gasteiger partial charge on any atom is -0.268 e. The number of nitrogens with zero attached hydrogens (tertiary/aromatic N) is 1. The molecule has 11 heavy (non-hydrogen) atoms. The Morgan fingerprint density at radius 1 is 1.45 bits per heavy atom. The molecule has 0 amide bonds. The fourth-order valence-electron chi connectivity index (χ4n) is 0.573. The van der Waals surface area contributed by atoms with E-state index < -0.39 is 6.05 Å². The van der Waals surface area contributed by atoms with E-state index in [2.05, 4.69) is 26.6 Å². The maximum atomic E-state index is 12.3. The van der Waals surface area contributed by atoms with Gasteiger partial charge >= 0.3 is 6.05 Å². The van der Waals surface area contributed by atoms with Crippen molar-refractivity contribution in [2.24, 2.45) is 5.73 Å². The van der Waals surface area contributed by atoms with Gasteiger partial charge in [-0.3, -0.25) is 5.73 Å². The number of pyridine rings is 1. The van der Waals surface area contributed by atoms with Gasteiger partial charge in [0.25, 0.3) is 0 Å². The number of hydrogen-bond acceptors (Lipinski definition) is 2. The highest BCUT2D eigenvalue weighted by atomic mass is 79.9. The predicted molar refractivity (Wildman–Crippen MR) is 40.0 cm³/mol. The SMILES string of the molecule is NC(F)(F)c1ccc(Br)nc1. The largest absolute Gasteiger partial charge is 0.328 e. The van der Waals surface area contributed by atoms with Crippen molar-refractivity contribution >= 4 is 15.9 Å². The molecule has 0 fully saturated rings. The smallest absolute Gasteiger partial charge is 0.268 e. The summed E-state index contributed by atoms with van der Waals surface area (Å²) >= 11 is 3.02. The van der Waals surface area contributed by atoms with Crippen LogP contribution in [0.25, 0.3) is 0 Å². The van der Waals surface area contributed by atoms with Crippen LogP contribution in [0.2, 0.25) is 0 Å². The van der Waals surface area contributed by atoms with E-state index in [1.165, 1.54) is 12.1 Å². The monoisotopic (exact) mass is 222 g/mol. The number of hydrogen-bond donors (Lipinski definition) is 1. The average Bonchev–Trinajstić information content (AvgIpc) is 1.86. The molecule has 0 spiro atoms. The zero-order valence-corrected chi connectivity index (χ0v) is 6.98. The van der Waals surface area contributed by atoms with Gasteiger partial charge in [-0.15, -0.1) is 0 Å². The molecule has 0 saturated carbocycles. The van der Waals surface area contributed by atoms with Gasteiger partial charge in [-0.1, -0.05) is 0 Å². The summed E-state index contributed by atoms with van der Waals surface area (Å²) in [7, 11) is 0. The van der Waals surface area contributed by atoms with Crippen LogP contribution in [-0.2, 0) is 6.05 Å². The highest BCUT2D eigenvalue weighted by Crippen LogP contribution is 2.20. The first-order valence-corrected chi connectivity index (χ1v) is 3.58. The maximum Gasteiger partial charge on any atom is 0.328 e. The summed E-state index contributed by atoms with van der Waals surface area (Å²) in [5.74, 6) is 0. The van der Waals surface area contributed by atoms with E-state index in [1.807, 2.05) is 0 Å². The summed E-state index contributed by atoms with van der Waals surface area (Å²) < 4.78 is 25.1. The molecular weight excluding hydrogens is 218 g/mol. The van der Waals surface area contributed by atoms with E-state index in [0.717, 1.165) is 6.20 Å². The quantitative estimate of drug-likeness (QED) is 0.582. The Bertz CT molecular complexity index is 242. The third-order valence-electron chi connectivity index (χ3n) is 1.11. The summed E-state index contributed by atoms with van der Waals surface area (Å²) in [6.07, 6.45) is 1.03. The van der Waals surface area contributed by atoms with Crippen molar-refractivity contribution in [3.8, 4) is 0 Å². The standard InChI is InChI=1S/C6H5BrF2N2/c7-5-2-1-4(3-11-5)6(8,9)10/h1-3H,10H2. The van der Waals surface area contributed by atoms with Gasteiger partial charge in [0.05, 0.1) is 5.56 Å². The van der Waals surface area contributed by atoms with Crippen LogP contribution < -0.4 is 5.73 Å². The van der Waals surface area contributed by atoms with E-state index in [9.17, 15) is 8.78 Å². The topological polar surface area (TPSA) is 38.9 Å². The fraction of sp³-hybridized carbons (Fsp3) is 0.167. The van der Waals surface area contributed by atoms with Gasteiger partial charge in [-0.25, -0.2) is 4.98 Å². The van der Waals surface area contributed by atoms with Crippen LogP contribution >= 0.6 is 15.9 Å². The van der Waals surface area contributed by atoms with Crippen molar-refractivity contribution in [3.05, 3.63) is 28.5 Å². The van der Waals surface area contributed by atoms with Crippen LogP contribution in [0.3, 0.4) is 0 Å². The van der Waals surface area contributed by atoms with Crippen LogP contribution in [-0.4, -0.2) is 4.98 Å². The molecule has 1 rings (SSSR count). The summed E-state index contributed by atoms with van der Waals surface area (Å²) in [6.45, 7) is 0. The van der Waals surface area contributed by atoms with Gasteiger partial charge in [-0.05, 0) is 28.1 Å². The Balaban J connectivity index is 2.99. The Hall–Kier alpha value is -0.550. The Kier molecular flexibility index (Phi) is 2.20. The minimum atomic E-state index is -3.30. The van der Waals surface area contributed by atoms with E-state index in [-0.39, 0.29) is 5.56 Å². The fourth-order valence-corrected chi connectivity index (χ4v) is 0.808. The van der Waals surface area contributed by atoms with E-state index in [0.29, 0.717) is 4.60 Å². The van der Waals surface area contributed by atoms with Gasteiger partial charge in [-0.2, -0.15) is 8.78 Å². The molecule has 0 radical (unpaired) electrons. The van der Waals surface area contributed by atoms with Crippen LogP contribution in [0.5, 0.6) is 0 Å². The van der Waals surface area contributed by atoms with E-state index in [4.69, 9.17) is 0 Å². The normalized spacial score (nSPS) is 11.6. The number of nitrogens with two attached hydrogens (primary N) is 1. The molecule has 5 heteroatoms. The molecule has 2 N–H and O–H groups in total. The molecule has 0 aliphatic carbocycles. The number of rotatable bonds is 1. The third kappa shape index (κ3) is 2.20. The van der Waals surface area contributed by atoms with Gasteiger partial charge in [0.2, 0.25) is 0 Å². The van der Waals surface area contributed by atoms with Gasteiger partial charge < -0.3 is 0 Å². The lowest BCUT2D eigenvalue weighted by Crippen LogP contribution is -2.25. The predicted octanol–water partition coefficient (Wildman–Crippen LogP) is 1.85. The zero-order chi connectivity index (χ0) is 8.48. The molecule has 0 unspecified atom stereocenters. The molecule has 1 aromatic heterocycles. The Morgan fingerprint density at radius 3 is 2.45 bits per heavy atom. The first-order valence-electron chi connectivity index (χ1n) is 2.79. The highest BCUT2D eigenvalue weighted by molar-refractivity contribution is 9.10. The lowest BCUT2D eigenvalue weighted by molar-refractivity contribution is 0.00262. The van der Waals surface area contributed by atoms with Crippen molar-refractivity contribution in [2.45, 2.75) is 6.05 Å². The maximum absolute atomic E-state index is 12.3. The summed E-state index contributed by atoms with van der Waals surface area (Å²) in [5, 5.41) is 0. The minimum absolute atomic E-state index is 0.291. The second-order valence-electron chi connectivity index (χ2n) is 1.99. The first kappa shape index (κ1) is 8.55. The molecular formula is C6H5BrF2N2. The van der Waals surface area contributed by atoms with Crippen molar-refractivity contribution in [3.63, 3.8) is 0 Å². The lowest BCUT2D eigenvalue weighted by atomic mass is 10.2. The molecule has 0 bridgehead atoms. The number of aromatic nitrogens is 1. The zero-order valence-electron chi connectivity index (χ0n) is 5.39. The number of halogens is 3. The lowest BCUT2D eigenvalue weighted by Gasteiger charge is -2.08. The van der Waals surface area contributed by atoms with Crippen molar-refractivity contribution in [1.82, 2.24) is 4.98 Å². The molecule has 60 valence electrons. The number of alkyl halides is 2. The van der Waals surface area contributed by atoms with Gasteiger partial charge in [0, 0.05) is 6.20 Å². The molecule has 0 aliphatic rings. The molecule has 0 saturated heterocycles. The summed E-state index contributed by atoms with van der Waals surface area (Å²) in [4.78, 5) is 3.60. The van der Waals surface area contributed by atoms with E-state index >= 15 is 0 Å². The second-order valence-corrected chi connectivity index (χ2v) is 2.81. The van der Waals surface area contributed by atoms with Gasteiger partial charge in [0.15, 0.2) is 0 Å². The van der Waals surface area contributed by atoms with Crippen molar-refractivity contribution < 1.29 is 8.78 Å². The van der Waals surface area contributed by atoms with Crippen LogP contribution in [0, 0.1) is 0 Å². The molecule has 0 aliphatic heterocycles. The summed E-state index contributed by atoms with van der Waals surface area (Å²) in [6, 6.07) is -0.666. The third-order valence-corrected chi connectivity index (χ3v) is 1.58. The summed E-state index contributed by atoms with van der Waals surface area (Å²) in [5.41, 5.74) is 4.23. The molecule has 1 aromatic rings. The van der Waals surface area contributed by atoms with Crippen LogP contribution in [0.4, 0.5) is 8.78 Å². The van der Waals surface area contributed by atoms with E-state index in [1.54, 1.807) is 0 Å². The van der Waals surface area contributed by atoms with Crippen molar-refractivity contribution in [2.75, 3.05) is 0 Å². The molecule has 2 nitrogen and oxygen atoms in total. The Morgan fingerprint density at radius 2 is 2.09 bits per heavy atom. The van der Waals surface area contributed by atoms with Gasteiger partial charge in [0.1, 0.15) is 4.60 Å². The molecule has 0 atom stereocenters. The average molecular weight is 223 g/mol. The van der Waals surface area contributed by atoms with Crippen molar-refractivity contribution in [1.29, 1.82) is 0 Å². The second kappa shape index (κ2) is 2.83. The Labute approximate surface area is 70.6 Å². The first-order chi connectivity index (χ1) is 5.00. The van der Waals surface area contributed by atoms with Crippen LogP contribution in [0.1, 0.15) is 5.56 Å².